The van der Waals surface area contributed by atoms with Crippen molar-refractivity contribution >= 4 is 28.9 Å². The number of hydrogen-bond donors (Lipinski definition) is 2. The smallest absolute Gasteiger partial charge is 0.253 e. The highest BCUT2D eigenvalue weighted by Gasteiger charge is 2.24. The van der Waals surface area contributed by atoms with Gasteiger partial charge in [-0.3, -0.25) is 9.59 Å². The number of hydrogen-bond acceptors (Lipinski definition) is 7. The predicted octanol–water partition coefficient (Wildman–Crippen LogP) is 2.52. The minimum absolute atomic E-state index is 0.0484. The van der Waals surface area contributed by atoms with Gasteiger partial charge in [0.25, 0.3) is 5.91 Å². The zero-order valence-corrected chi connectivity index (χ0v) is 20.4. The normalized spacial score (nSPS) is 17.8. The molecule has 1 unspecified atom stereocenters. The van der Waals surface area contributed by atoms with E-state index in [4.69, 9.17) is 14.2 Å². The van der Waals surface area contributed by atoms with Crippen LogP contribution >= 0.6 is 0 Å². The molecule has 2 aromatic carbocycles. The number of para-hydroxylation sites is 2. The lowest BCUT2D eigenvalue weighted by molar-refractivity contribution is -0.119. The maximum atomic E-state index is 13.2. The van der Waals surface area contributed by atoms with E-state index in [0.29, 0.717) is 17.8 Å². The molecular formula is C26H34N4O5. The van der Waals surface area contributed by atoms with E-state index in [1.165, 1.54) is 7.11 Å². The lowest BCUT2D eigenvalue weighted by Crippen LogP contribution is -2.47. The van der Waals surface area contributed by atoms with Crippen LogP contribution in [0.3, 0.4) is 0 Å². The molecule has 9 heteroatoms. The monoisotopic (exact) mass is 482 g/mol. The minimum Gasteiger partial charge on any atom is -0.495 e. The number of carbonyl (C=O) groups is 2. The topological polar surface area (TPSA) is 92.4 Å². The van der Waals surface area contributed by atoms with Crippen molar-refractivity contribution in [2.75, 3.05) is 75.3 Å². The number of rotatable bonds is 9. The van der Waals surface area contributed by atoms with E-state index >= 15 is 0 Å². The number of piperazine rings is 1. The van der Waals surface area contributed by atoms with Gasteiger partial charge in [0.05, 0.1) is 24.5 Å². The first-order chi connectivity index (χ1) is 17.1. The Hall–Kier alpha value is -3.30. The molecule has 2 heterocycles. The summed E-state index contributed by atoms with van der Waals surface area (Å²) in [6, 6.07) is 13.5. The third kappa shape index (κ3) is 6.23. The Morgan fingerprint density at radius 2 is 1.77 bits per heavy atom. The standard InChI is InChI=1S/C26H34N4O5/c1-33-18-25(31)28-19-9-10-22(21(16-19)26(32)27-17-20-6-5-15-35-20)29-11-13-30(14-12-29)23-7-3-4-8-24(23)34-2/h3-4,7-10,16,20H,5-6,11-15,17-18H2,1-2H3,(H,27,32)(H,28,31). The first kappa shape index (κ1) is 24.8. The van der Waals surface area contributed by atoms with E-state index in [1.807, 2.05) is 30.3 Å². The van der Waals surface area contributed by atoms with Crippen molar-refractivity contribution in [3.63, 3.8) is 0 Å². The molecule has 188 valence electrons. The fraction of sp³-hybridized carbons (Fsp3) is 0.462. The number of amides is 2. The summed E-state index contributed by atoms with van der Waals surface area (Å²) in [5.41, 5.74) is 3.01. The molecule has 2 aliphatic heterocycles. The molecule has 2 aliphatic rings. The molecule has 2 aromatic rings. The van der Waals surface area contributed by atoms with Crippen LogP contribution < -0.4 is 25.2 Å². The van der Waals surface area contributed by atoms with Crippen molar-refractivity contribution in [3.8, 4) is 5.75 Å². The Bertz CT molecular complexity index is 1020. The van der Waals surface area contributed by atoms with Crippen molar-refractivity contribution in [1.29, 1.82) is 0 Å². The molecule has 0 radical (unpaired) electrons. The van der Waals surface area contributed by atoms with Gasteiger partial charge in [-0.05, 0) is 43.2 Å². The zero-order chi connectivity index (χ0) is 24.6. The van der Waals surface area contributed by atoms with Crippen LogP contribution in [0.15, 0.2) is 42.5 Å². The summed E-state index contributed by atoms with van der Waals surface area (Å²) in [6.45, 7) is 4.25. The van der Waals surface area contributed by atoms with Gasteiger partial charge in [-0.2, -0.15) is 0 Å². The fourth-order valence-electron chi connectivity index (χ4n) is 4.59. The molecule has 9 nitrogen and oxygen atoms in total. The predicted molar refractivity (Wildman–Crippen MR) is 136 cm³/mol. The first-order valence-corrected chi connectivity index (χ1v) is 12.0. The van der Waals surface area contributed by atoms with Gasteiger partial charge < -0.3 is 34.6 Å². The number of methoxy groups -OCH3 is 2. The molecule has 0 bridgehead atoms. The SMILES string of the molecule is COCC(=O)Nc1ccc(N2CCN(c3ccccc3OC)CC2)c(C(=O)NCC2CCCO2)c1. The molecule has 2 fully saturated rings. The quantitative estimate of drug-likeness (QED) is 0.567. The largest absolute Gasteiger partial charge is 0.495 e. The molecule has 0 aromatic heterocycles. The number of anilines is 3. The molecule has 2 N–H and O–H groups in total. The summed E-state index contributed by atoms with van der Waals surface area (Å²) < 4.78 is 16.1. The van der Waals surface area contributed by atoms with Gasteiger partial charge in [-0.1, -0.05) is 12.1 Å². The van der Waals surface area contributed by atoms with E-state index in [9.17, 15) is 9.59 Å². The van der Waals surface area contributed by atoms with Crippen LogP contribution in [0.1, 0.15) is 23.2 Å². The molecule has 0 aliphatic carbocycles. The molecule has 0 saturated carbocycles. The highest BCUT2D eigenvalue weighted by Crippen LogP contribution is 2.31. The average Bonchev–Trinajstić information content (AvgIpc) is 3.41. The molecular weight excluding hydrogens is 448 g/mol. The molecule has 1 atom stereocenters. The van der Waals surface area contributed by atoms with Crippen LogP contribution in [0.2, 0.25) is 0 Å². The molecule has 0 spiro atoms. The second-order valence-corrected chi connectivity index (χ2v) is 8.70. The number of ether oxygens (including phenoxy) is 3. The second-order valence-electron chi connectivity index (χ2n) is 8.70. The third-order valence-corrected chi connectivity index (χ3v) is 6.36. The number of carbonyl (C=O) groups excluding carboxylic acids is 2. The number of nitrogens with one attached hydrogen (secondary N) is 2. The number of nitrogens with zero attached hydrogens (tertiary/aromatic N) is 2. The maximum absolute atomic E-state index is 13.2. The van der Waals surface area contributed by atoms with E-state index in [2.05, 4.69) is 26.5 Å². The Morgan fingerprint density at radius 3 is 2.46 bits per heavy atom. The van der Waals surface area contributed by atoms with Gasteiger partial charge in [0.1, 0.15) is 12.4 Å². The van der Waals surface area contributed by atoms with Crippen molar-refractivity contribution in [1.82, 2.24) is 5.32 Å². The highest BCUT2D eigenvalue weighted by molar-refractivity contribution is 6.02. The number of benzene rings is 2. The van der Waals surface area contributed by atoms with Gasteiger partial charge >= 0.3 is 0 Å². The second kappa shape index (κ2) is 11.9. The summed E-state index contributed by atoms with van der Waals surface area (Å²) in [5.74, 6) is 0.410. The summed E-state index contributed by atoms with van der Waals surface area (Å²) in [7, 11) is 3.15. The van der Waals surface area contributed by atoms with E-state index < -0.39 is 0 Å². The summed E-state index contributed by atoms with van der Waals surface area (Å²) >= 11 is 0. The lowest BCUT2D eigenvalue weighted by Gasteiger charge is -2.38. The Kier molecular flexibility index (Phi) is 8.44. The highest BCUT2D eigenvalue weighted by atomic mass is 16.5. The van der Waals surface area contributed by atoms with Crippen LogP contribution in [0.4, 0.5) is 17.1 Å². The summed E-state index contributed by atoms with van der Waals surface area (Å²) in [4.78, 5) is 29.8. The van der Waals surface area contributed by atoms with Crippen molar-refractivity contribution in [2.45, 2.75) is 18.9 Å². The van der Waals surface area contributed by atoms with Crippen LogP contribution in [0.5, 0.6) is 5.75 Å². The minimum atomic E-state index is -0.267. The van der Waals surface area contributed by atoms with Gasteiger partial charge in [0.15, 0.2) is 0 Å². The molecule has 2 saturated heterocycles. The molecule has 4 rings (SSSR count). The lowest BCUT2D eigenvalue weighted by atomic mass is 10.1. The van der Waals surface area contributed by atoms with E-state index in [1.54, 1.807) is 13.2 Å². The summed E-state index contributed by atoms with van der Waals surface area (Å²) in [5, 5.41) is 5.82. The summed E-state index contributed by atoms with van der Waals surface area (Å²) in [6.07, 6.45) is 2.02. The Balaban J connectivity index is 1.50. The average molecular weight is 483 g/mol. The van der Waals surface area contributed by atoms with Gasteiger partial charge in [0, 0.05) is 57.8 Å². The van der Waals surface area contributed by atoms with Crippen LogP contribution in [-0.4, -0.2) is 78.1 Å². The van der Waals surface area contributed by atoms with Gasteiger partial charge in [0.2, 0.25) is 5.91 Å². The fourth-order valence-corrected chi connectivity index (χ4v) is 4.59. The van der Waals surface area contributed by atoms with E-state index in [0.717, 1.165) is 62.8 Å². The molecule has 35 heavy (non-hydrogen) atoms. The Morgan fingerprint density at radius 1 is 1.03 bits per heavy atom. The zero-order valence-electron chi connectivity index (χ0n) is 20.4. The van der Waals surface area contributed by atoms with Crippen molar-refractivity contribution in [3.05, 3.63) is 48.0 Å². The van der Waals surface area contributed by atoms with Crippen LogP contribution in [0.25, 0.3) is 0 Å². The van der Waals surface area contributed by atoms with Crippen LogP contribution in [0, 0.1) is 0 Å². The first-order valence-electron chi connectivity index (χ1n) is 12.0. The van der Waals surface area contributed by atoms with Crippen molar-refractivity contribution in [2.24, 2.45) is 0 Å². The Labute approximate surface area is 206 Å². The van der Waals surface area contributed by atoms with Gasteiger partial charge in [-0.25, -0.2) is 0 Å². The van der Waals surface area contributed by atoms with Crippen molar-refractivity contribution < 1.29 is 23.8 Å². The third-order valence-electron chi connectivity index (χ3n) is 6.36. The molecule has 2 amide bonds. The van der Waals surface area contributed by atoms with Gasteiger partial charge in [-0.15, -0.1) is 0 Å². The maximum Gasteiger partial charge on any atom is 0.253 e. The van der Waals surface area contributed by atoms with E-state index in [-0.39, 0.29) is 24.5 Å². The van der Waals surface area contributed by atoms with Crippen LogP contribution in [-0.2, 0) is 14.3 Å².